The minimum Gasteiger partial charge on any atom is -0.465 e. The summed E-state index contributed by atoms with van der Waals surface area (Å²) in [6.45, 7) is 1.87. The molecule has 0 aromatic carbocycles. The smallest absolute Gasteiger partial charge is 0.349 e. The summed E-state index contributed by atoms with van der Waals surface area (Å²) in [5.41, 5.74) is 2.11. The molecule has 3 heterocycles. The second kappa shape index (κ2) is 4.68. The van der Waals surface area contributed by atoms with Crippen molar-refractivity contribution in [3.63, 3.8) is 0 Å². The molecule has 0 aliphatic carbocycles. The molecule has 3 rings (SSSR count). The number of fused-ring (bicyclic) bond motifs is 1. The molecule has 0 unspecified atom stereocenters. The number of carbonyl (C=O) groups excluding carboxylic acids is 1. The van der Waals surface area contributed by atoms with Gasteiger partial charge in [-0.05, 0) is 19.1 Å². The summed E-state index contributed by atoms with van der Waals surface area (Å²) >= 11 is 1.24. The Morgan fingerprint density at radius 2 is 2.25 bits per heavy atom. The van der Waals surface area contributed by atoms with Gasteiger partial charge < -0.3 is 4.74 Å². The Morgan fingerprint density at radius 3 is 2.85 bits per heavy atom. The van der Waals surface area contributed by atoms with Crippen LogP contribution in [0, 0.1) is 12.7 Å². The second-order valence-corrected chi connectivity index (χ2v) is 5.16. The molecule has 0 aliphatic rings. The van der Waals surface area contributed by atoms with Gasteiger partial charge in [0.2, 0.25) is 0 Å². The number of hydrogen-bond donors (Lipinski definition) is 0. The largest absolute Gasteiger partial charge is 0.465 e. The van der Waals surface area contributed by atoms with E-state index in [-0.39, 0.29) is 11.8 Å². The summed E-state index contributed by atoms with van der Waals surface area (Å²) in [6, 6.07) is 2.92. The highest BCUT2D eigenvalue weighted by atomic mass is 32.1. The van der Waals surface area contributed by atoms with Gasteiger partial charge in [-0.1, -0.05) is 11.3 Å². The molecule has 0 atom stereocenters. The first kappa shape index (κ1) is 12.7. The third-order valence-corrected chi connectivity index (χ3v) is 3.88. The molecule has 0 spiro atoms. The maximum atomic E-state index is 12.9. The Labute approximate surface area is 117 Å². The first-order valence-corrected chi connectivity index (χ1v) is 6.60. The number of methoxy groups -OCH3 is 1. The number of pyridine rings is 1. The minimum absolute atomic E-state index is 0.388. The topological polar surface area (TPSA) is 56.5 Å². The van der Waals surface area contributed by atoms with Crippen molar-refractivity contribution in [2.45, 2.75) is 6.92 Å². The van der Waals surface area contributed by atoms with Crippen LogP contribution in [0.3, 0.4) is 0 Å². The fourth-order valence-electron chi connectivity index (χ4n) is 1.91. The van der Waals surface area contributed by atoms with Crippen LogP contribution in [0.4, 0.5) is 4.39 Å². The molecule has 102 valence electrons. The molecule has 0 bridgehead atoms. The van der Waals surface area contributed by atoms with Crippen molar-refractivity contribution in [1.29, 1.82) is 0 Å². The van der Waals surface area contributed by atoms with Gasteiger partial charge in [-0.25, -0.2) is 14.2 Å². The maximum absolute atomic E-state index is 12.9. The van der Waals surface area contributed by atoms with Crippen LogP contribution in [0.15, 0.2) is 24.5 Å². The molecule has 5 nitrogen and oxygen atoms in total. The summed E-state index contributed by atoms with van der Waals surface area (Å²) in [5.74, 6) is -0.776. The third-order valence-electron chi connectivity index (χ3n) is 2.92. The fourth-order valence-corrected chi connectivity index (χ4v) is 2.85. The van der Waals surface area contributed by atoms with Crippen molar-refractivity contribution in [3.05, 3.63) is 40.9 Å². The van der Waals surface area contributed by atoms with Crippen LogP contribution in [-0.4, -0.2) is 27.4 Å². The van der Waals surface area contributed by atoms with Crippen molar-refractivity contribution in [1.82, 2.24) is 14.4 Å². The van der Waals surface area contributed by atoms with Gasteiger partial charge in [0.15, 0.2) is 4.96 Å². The molecule has 0 fully saturated rings. The molecule has 7 heteroatoms. The van der Waals surface area contributed by atoms with E-state index in [0.717, 1.165) is 11.9 Å². The molecule has 0 aliphatic heterocycles. The Morgan fingerprint density at radius 1 is 1.45 bits per heavy atom. The van der Waals surface area contributed by atoms with Gasteiger partial charge in [-0.3, -0.25) is 9.38 Å². The molecular formula is C13H10FN3O2S. The standard InChI is InChI=1S/C13H10FN3O2S/c1-7-11(9-4-3-8(14)5-15-9)16-13-17(7)6-10(20-13)12(18)19-2/h3-6H,1-2H3. The number of aryl methyl sites for hydroxylation is 1. The molecule has 3 aromatic rings. The molecule has 0 amide bonds. The highest BCUT2D eigenvalue weighted by Gasteiger charge is 2.17. The Balaban J connectivity index is 2.10. The predicted molar refractivity (Wildman–Crippen MR) is 72.3 cm³/mol. The molecule has 0 N–H and O–H groups in total. The first-order chi connectivity index (χ1) is 9.60. The van der Waals surface area contributed by atoms with E-state index >= 15 is 0 Å². The lowest BCUT2D eigenvalue weighted by Crippen LogP contribution is -1.98. The monoisotopic (exact) mass is 291 g/mol. The Kier molecular flexibility index (Phi) is 2.98. The normalized spacial score (nSPS) is 10.9. The summed E-state index contributed by atoms with van der Waals surface area (Å²) in [7, 11) is 1.34. The summed E-state index contributed by atoms with van der Waals surface area (Å²) in [5, 5.41) is 0. The van der Waals surface area contributed by atoms with Gasteiger partial charge in [-0.2, -0.15) is 0 Å². The van der Waals surface area contributed by atoms with Gasteiger partial charge in [0.1, 0.15) is 16.4 Å². The molecule has 0 radical (unpaired) electrons. The lowest BCUT2D eigenvalue weighted by atomic mass is 10.2. The van der Waals surface area contributed by atoms with Gasteiger partial charge in [0.05, 0.1) is 19.0 Å². The number of rotatable bonds is 2. The van der Waals surface area contributed by atoms with Gasteiger partial charge in [0, 0.05) is 11.9 Å². The van der Waals surface area contributed by atoms with Crippen LogP contribution in [0.5, 0.6) is 0 Å². The number of halogens is 1. The van der Waals surface area contributed by atoms with Crippen molar-refractivity contribution < 1.29 is 13.9 Å². The number of hydrogen-bond acceptors (Lipinski definition) is 5. The van der Waals surface area contributed by atoms with E-state index in [0.29, 0.717) is 21.2 Å². The van der Waals surface area contributed by atoms with Crippen molar-refractivity contribution >= 4 is 22.3 Å². The number of carbonyl (C=O) groups is 1. The Hall–Kier alpha value is -2.28. The zero-order valence-corrected chi connectivity index (χ0v) is 11.6. The average Bonchev–Trinajstić information content (AvgIpc) is 2.99. The van der Waals surface area contributed by atoms with Crippen LogP contribution in [0.1, 0.15) is 15.4 Å². The van der Waals surface area contributed by atoms with Gasteiger partial charge >= 0.3 is 5.97 Å². The number of aromatic nitrogens is 3. The van der Waals surface area contributed by atoms with Crippen LogP contribution in [0.2, 0.25) is 0 Å². The highest BCUT2D eigenvalue weighted by molar-refractivity contribution is 7.18. The molecule has 20 heavy (non-hydrogen) atoms. The quantitative estimate of drug-likeness (QED) is 0.681. The number of ether oxygens (including phenoxy) is 1. The lowest BCUT2D eigenvalue weighted by molar-refractivity contribution is 0.0606. The van der Waals surface area contributed by atoms with Crippen LogP contribution >= 0.6 is 11.3 Å². The zero-order valence-electron chi connectivity index (χ0n) is 10.8. The van der Waals surface area contributed by atoms with E-state index in [9.17, 15) is 9.18 Å². The maximum Gasteiger partial charge on any atom is 0.349 e. The minimum atomic E-state index is -0.389. The number of thiazole rings is 1. The van der Waals surface area contributed by atoms with Gasteiger partial charge in [0.25, 0.3) is 0 Å². The molecule has 0 saturated heterocycles. The van der Waals surface area contributed by atoms with Crippen LogP contribution in [-0.2, 0) is 4.74 Å². The first-order valence-electron chi connectivity index (χ1n) is 5.79. The lowest BCUT2D eigenvalue weighted by Gasteiger charge is -1.98. The van der Waals surface area contributed by atoms with E-state index in [2.05, 4.69) is 14.7 Å². The van der Waals surface area contributed by atoms with Crippen molar-refractivity contribution in [3.8, 4) is 11.4 Å². The zero-order chi connectivity index (χ0) is 14.3. The van der Waals surface area contributed by atoms with Crippen LogP contribution < -0.4 is 0 Å². The fraction of sp³-hybridized carbons (Fsp3) is 0.154. The van der Waals surface area contributed by atoms with E-state index < -0.39 is 0 Å². The van der Waals surface area contributed by atoms with E-state index in [1.54, 1.807) is 16.7 Å². The van der Waals surface area contributed by atoms with Crippen molar-refractivity contribution in [2.75, 3.05) is 7.11 Å². The molecular weight excluding hydrogens is 281 g/mol. The highest BCUT2D eigenvalue weighted by Crippen LogP contribution is 2.27. The number of esters is 1. The summed E-state index contributed by atoms with van der Waals surface area (Å²) in [4.78, 5) is 21.1. The van der Waals surface area contributed by atoms with E-state index in [1.165, 1.54) is 24.5 Å². The van der Waals surface area contributed by atoms with E-state index in [4.69, 9.17) is 0 Å². The summed E-state index contributed by atoms with van der Waals surface area (Å²) in [6.07, 6.45) is 2.84. The predicted octanol–water partition coefficient (Wildman–Crippen LogP) is 2.69. The van der Waals surface area contributed by atoms with Gasteiger partial charge in [-0.15, -0.1) is 0 Å². The van der Waals surface area contributed by atoms with E-state index in [1.807, 2.05) is 6.92 Å². The Bertz CT molecular complexity index is 792. The van der Waals surface area contributed by atoms with Crippen molar-refractivity contribution in [2.24, 2.45) is 0 Å². The summed E-state index contributed by atoms with van der Waals surface area (Å²) < 4.78 is 19.4. The molecule has 0 saturated carbocycles. The second-order valence-electron chi connectivity index (χ2n) is 4.15. The third kappa shape index (κ3) is 1.96. The molecule has 3 aromatic heterocycles. The average molecular weight is 291 g/mol. The van der Waals surface area contributed by atoms with Crippen LogP contribution in [0.25, 0.3) is 16.3 Å². The SMILES string of the molecule is COC(=O)c1cn2c(C)c(-c3ccc(F)cn3)nc2s1. The number of imidazole rings is 1. The number of nitrogens with zero attached hydrogens (tertiary/aromatic N) is 3.